The number of benzene rings is 2. The van der Waals surface area contributed by atoms with E-state index in [2.05, 4.69) is 26.6 Å². The summed E-state index contributed by atoms with van der Waals surface area (Å²) in [4.78, 5) is 24.3. The second-order valence-corrected chi connectivity index (χ2v) is 5.75. The first kappa shape index (κ1) is 17.0. The Hall–Kier alpha value is -2.34. The van der Waals surface area contributed by atoms with Gasteiger partial charge in [-0.25, -0.2) is 4.79 Å². The zero-order chi connectivity index (χ0) is 16.8. The van der Waals surface area contributed by atoms with Crippen LogP contribution in [0.5, 0.6) is 0 Å². The number of amides is 1. The molecule has 0 aliphatic carbocycles. The van der Waals surface area contributed by atoms with Crippen molar-refractivity contribution in [2.75, 3.05) is 17.7 Å². The van der Waals surface area contributed by atoms with Crippen molar-refractivity contribution in [2.24, 2.45) is 0 Å². The molecule has 2 N–H and O–H groups in total. The van der Waals surface area contributed by atoms with Crippen molar-refractivity contribution in [1.29, 1.82) is 0 Å². The van der Waals surface area contributed by atoms with Gasteiger partial charge in [0.2, 0.25) is 0 Å². The van der Waals surface area contributed by atoms with Gasteiger partial charge in [-0.3, -0.25) is 4.79 Å². The van der Waals surface area contributed by atoms with Gasteiger partial charge in [0.1, 0.15) is 0 Å². The van der Waals surface area contributed by atoms with E-state index in [1.54, 1.807) is 37.4 Å². The lowest BCUT2D eigenvalue weighted by molar-refractivity contribution is -0.123. The number of carbonyl (C=O) groups is 2. The third-order valence-electron chi connectivity index (χ3n) is 3.18. The number of carbonyl (C=O) groups excluding carboxylic acids is 2. The van der Waals surface area contributed by atoms with Gasteiger partial charge < -0.3 is 15.4 Å². The molecule has 2 aromatic rings. The standard InChI is InChI=1S/C17H17BrN2O3/c1-11(16(21)20-13-9-7-12(18)8-10-13)23-17(22)14-5-3-4-6-15(14)19-2/h3-11,19H,1-2H3,(H,20,21)/t11-/m0/s1. The molecule has 0 bridgehead atoms. The summed E-state index contributed by atoms with van der Waals surface area (Å²) in [6, 6.07) is 14.1. The van der Waals surface area contributed by atoms with Gasteiger partial charge in [0.05, 0.1) is 5.56 Å². The van der Waals surface area contributed by atoms with E-state index < -0.39 is 12.1 Å². The average Bonchev–Trinajstić information content (AvgIpc) is 2.56. The molecular formula is C17H17BrN2O3. The number of halogens is 1. The summed E-state index contributed by atoms with van der Waals surface area (Å²) in [5.41, 5.74) is 1.67. The number of para-hydroxylation sites is 1. The number of ether oxygens (including phenoxy) is 1. The van der Waals surface area contributed by atoms with E-state index in [-0.39, 0.29) is 5.91 Å². The van der Waals surface area contributed by atoms with E-state index in [0.29, 0.717) is 16.9 Å². The molecule has 120 valence electrons. The smallest absolute Gasteiger partial charge is 0.341 e. The van der Waals surface area contributed by atoms with Crippen molar-refractivity contribution < 1.29 is 14.3 Å². The molecule has 5 nitrogen and oxygen atoms in total. The van der Waals surface area contributed by atoms with Crippen LogP contribution in [0, 0.1) is 0 Å². The zero-order valence-corrected chi connectivity index (χ0v) is 14.4. The van der Waals surface area contributed by atoms with Crippen molar-refractivity contribution in [3.05, 3.63) is 58.6 Å². The molecule has 0 aliphatic heterocycles. The van der Waals surface area contributed by atoms with E-state index in [0.717, 1.165) is 4.47 Å². The topological polar surface area (TPSA) is 67.4 Å². The highest BCUT2D eigenvalue weighted by Gasteiger charge is 2.20. The molecule has 0 heterocycles. The van der Waals surface area contributed by atoms with Crippen LogP contribution in [0.1, 0.15) is 17.3 Å². The Morgan fingerprint density at radius 3 is 2.39 bits per heavy atom. The minimum absolute atomic E-state index is 0.386. The van der Waals surface area contributed by atoms with Crippen molar-refractivity contribution >= 4 is 39.2 Å². The Morgan fingerprint density at radius 1 is 1.09 bits per heavy atom. The minimum atomic E-state index is -0.906. The number of hydrogen-bond donors (Lipinski definition) is 2. The Morgan fingerprint density at radius 2 is 1.74 bits per heavy atom. The molecule has 0 aliphatic rings. The molecule has 1 amide bonds. The van der Waals surface area contributed by atoms with Crippen molar-refractivity contribution in [1.82, 2.24) is 0 Å². The van der Waals surface area contributed by atoms with Crippen LogP contribution in [0.4, 0.5) is 11.4 Å². The van der Waals surface area contributed by atoms with Crippen LogP contribution in [0.2, 0.25) is 0 Å². The van der Waals surface area contributed by atoms with Gasteiger partial charge in [0.15, 0.2) is 6.10 Å². The summed E-state index contributed by atoms with van der Waals surface area (Å²) in [5, 5.41) is 5.62. The normalized spacial score (nSPS) is 11.4. The van der Waals surface area contributed by atoms with Crippen LogP contribution in [0.25, 0.3) is 0 Å². The molecule has 0 aromatic heterocycles. The maximum absolute atomic E-state index is 12.2. The van der Waals surface area contributed by atoms with Gasteiger partial charge in [-0.1, -0.05) is 28.1 Å². The summed E-state index contributed by atoms with van der Waals surface area (Å²) < 4.78 is 6.15. The highest BCUT2D eigenvalue weighted by atomic mass is 79.9. The Balaban J connectivity index is 2.00. The minimum Gasteiger partial charge on any atom is -0.449 e. The molecule has 6 heteroatoms. The molecule has 2 aromatic carbocycles. The third-order valence-corrected chi connectivity index (χ3v) is 3.71. The average molecular weight is 377 g/mol. The number of hydrogen-bond acceptors (Lipinski definition) is 4. The van der Waals surface area contributed by atoms with Gasteiger partial charge in [0, 0.05) is 22.9 Å². The fourth-order valence-corrected chi connectivity index (χ4v) is 2.20. The lowest BCUT2D eigenvalue weighted by Gasteiger charge is -2.15. The molecule has 2 rings (SSSR count). The number of anilines is 2. The SMILES string of the molecule is CNc1ccccc1C(=O)O[C@@H](C)C(=O)Nc1ccc(Br)cc1. The Kier molecular flexibility index (Phi) is 5.76. The van der Waals surface area contributed by atoms with Gasteiger partial charge in [0.25, 0.3) is 5.91 Å². The van der Waals surface area contributed by atoms with Gasteiger partial charge in [-0.2, -0.15) is 0 Å². The lowest BCUT2D eigenvalue weighted by Crippen LogP contribution is -2.30. The van der Waals surface area contributed by atoms with Crippen LogP contribution < -0.4 is 10.6 Å². The van der Waals surface area contributed by atoms with Crippen molar-refractivity contribution in [3.63, 3.8) is 0 Å². The molecule has 23 heavy (non-hydrogen) atoms. The van der Waals surface area contributed by atoms with E-state index in [9.17, 15) is 9.59 Å². The van der Waals surface area contributed by atoms with Gasteiger partial charge in [-0.15, -0.1) is 0 Å². The van der Waals surface area contributed by atoms with E-state index in [1.807, 2.05) is 18.2 Å². The first-order valence-corrected chi connectivity index (χ1v) is 7.84. The third kappa shape index (κ3) is 4.56. The lowest BCUT2D eigenvalue weighted by atomic mass is 10.2. The van der Waals surface area contributed by atoms with Gasteiger partial charge >= 0.3 is 5.97 Å². The predicted molar refractivity (Wildman–Crippen MR) is 93.6 cm³/mol. The van der Waals surface area contributed by atoms with Crippen molar-refractivity contribution in [2.45, 2.75) is 13.0 Å². The Labute approximate surface area is 143 Å². The number of nitrogens with one attached hydrogen (secondary N) is 2. The van der Waals surface area contributed by atoms with Crippen LogP contribution in [0.15, 0.2) is 53.0 Å². The monoisotopic (exact) mass is 376 g/mol. The van der Waals surface area contributed by atoms with E-state index in [4.69, 9.17) is 4.74 Å². The number of esters is 1. The fourth-order valence-electron chi connectivity index (χ4n) is 1.93. The first-order valence-electron chi connectivity index (χ1n) is 7.05. The summed E-state index contributed by atoms with van der Waals surface area (Å²) in [6.07, 6.45) is -0.906. The largest absolute Gasteiger partial charge is 0.449 e. The fraction of sp³-hybridized carbons (Fsp3) is 0.176. The highest BCUT2D eigenvalue weighted by Crippen LogP contribution is 2.17. The Bertz CT molecular complexity index is 701. The molecule has 0 unspecified atom stereocenters. The van der Waals surface area contributed by atoms with Gasteiger partial charge in [-0.05, 0) is 43.3 Å². The van der Waals surface area contributed by atoms with Crippen LogP contribution in [-0.4, -0.2) is 25.0 Å². The van der Waals surface area contributed by atoms with Crippen molar-refractivity contribution in [3.8, 4) is 0 Å². The quantitative estimate of drug-likeness (QED) is 0.781. The molecule has 0 radical (unpaired) electrons. The zero-order valence-electron chi connectivity index (χ0n) is 12.8. The number of rotatable bonds is 5. The maximum Gasteiger partial charge on any atom is 0.341 e. The molecular weight excluding hydrogens is 360 g/mol. The first-order chi connectivity index (χ1) is 11.0. The summed E-state index contributed by atoms with van der Waals surface area (Å²) in [5.74, 6) is -0.934. The molecule has 1 atom stereocenters. The molecule has 0 saturated heterocycles. The van der Waals surface area contributed by atoms with Crippen LogP contribution >= 0.6 is 15.9 Å². The van der Waals surface area contributed by atoms with Crippen LogP contribution in [-0.2, 0) is 9.53 Å². The summed E-state index contributed by atoms with van der Waals surface area (Å²) in [7, 11) is 1.72. The second-order valence-electron chi connectivity index (χ2n) is 4.84. The van der Waals surface area contributed by atoms with E-state index >= 15 is 0 Å². The second kappa shape index (κ2) is 7.78. The highest BCUT2D eigenvalue weighted by molar-refractivity contribution is 9.10. The molecule has 0 saturated carbocycles. The van der Waals surface area contributed by atoms with E-state index in [1.165, 1.54) is 6.92 Å². The van der Waals surface area contributed by atoms with Crippen LogP contribution in [0.3, 0.4) is 0 Å². The predicted octanol–water partition coefficient (Wildman–Crippen LogP) is 3.67. The molecule has 0 fully saturated rings. The maximum atomic E-state index is 12.2. The summed E-state index contributed by atoms with van der Waals surface area (Å²) in [6.45, 7) is 1.54. The summed E-state index contributed by atoms with van der Waals surface area (Å²) >= 11 is 3.32. The molecule has 0 spiro atoms.